The van der Waals surface area contributed by atoms with Gasteiger partial charge in [0.05, 0.1) is 5.69 Å². The molecular formula is C20H22BrNO3. The van der Waals surface area contributed by atoms with E-state index in [0.717, 1.165) is 17.0 Å². The summed E-state index contributed by atoms with van der Waals surface area (Å²) in [5.74, 6) is -0.357. The van der Waals surface area contributed by atoms with Crippen molar-refractivity contribution in [1.82, 2.24) is 4.98 Å². The third-order valence-electron chi connectivity index (χ3n) is 4.23. The number of esters is 1. The monoisotopic (exact) mass is 403 g/mol. The first kappa shape index (κ1) is 18.1. The molecule has 4 nitrogen and oxygen atoms in total. The molecule has 3 rings (SSSR count). The number of hydrogen-bond acceptors (Lipinski definition) is 4. The number of aromatic nitrogens is 1. The fraction of sp³-hybridized carbons (Fsp3) is 0.400. The molecule has 0 amide bonds. The van der Waals surface area contributed by atoms with E-state index >= 15 is 0 Å². The summed E-state index contributed by atoms with van der Waals surface area (Å²) < 4.78 is 11.9. The molecule has 1 aliphatic rings. The van der Waals surface area contributed by atoms with Crippen molar-refractivity contribution in [2.45, 2.75) is 44.4 Å². The third kappa shape index (κ3) is 3.62. The largest absolute Gasteiger partial charge is 0.433 e. The Morgan fingerprint density at radius 2 is 1.76 bits per heavy atom. The van der Waals surface area contributed by atoms with Crippen LogP contribution in [0.4, 0.5) is 0 Å². The van der Waals surface area contributed by atoms with Crippen LogP contribution >= 0.6 is 15.9 Å². The minimum atomic E-state index is -1.17. The Labute approximate surface area is 156 Å². The van der Waals surface area contributed by atoms with Gasteiger partial charge in [0, 0.05) is 22.9 Å². The van der Waals surface area contributed by atoms with Gasteiger partial charge in [0.25, 0.3) is 0 Å². The minimum Gasteiger partial charge on any atom is -0.433 e. The van der Waals surface area contributed by atoms with Crippen molar-refractivity contribution in [3.05, 3.63) is 65.5 Å². The molecule has 0 saturated carbocycles. The zero-order chi connectivity index (χ0) is 18.1. The Kier molecular flexibility index (Phi) is 4.98. The maximum atomic E-state index is 12.9. The second-order valence-corrected chi connectivity index (χ2v) is 7.91. The summed E-state index contributed by atoms with van der Waals surface area (Å²) in [5, 5.41) is 0.662. The van der Waals surface area contributed by atoms with E-state index in [1.807, 2.05) is 69.3 Å². The summed E-state index contributed by atoms with van der Waals surface area (Å²) in [7, 11) is 0. The van der Waals surface area contributed by atoms with E-state index < -0.39 is 11.9 Å². The number of carbonyl (C=O) groups excluding carboxylic acids is 1. The molecule has 5 heteroatoms. The lowest BCUT2D eigenvalue weighted by molar-refractivity contribution is -0.156. The van der Waals surface area contributed by atoms with Gasteiger partial charge in [-0.05, 0) is 17.7 Å². The van der Waals surface area contributed by atoms with E-state index in [1.165, 1.54) is 0 Å². The van der Waals surface area contributed by atoms with Crippen molar-refractivity contribution in [1.29, 1.82) is 0 Å². The maximum Gasteiger partial charge on any atom is 0.346 e. The number of rotatable bonds is 4. The van der Waals surface area contributed by atoms with Crippen LogP contribution < -0.4 is 0 Å². The molecule has 1 saturated heterocycles. The second kappa shape index (κ2) is 6.89. The van der Waals surface area contributed by atoms with Crippen LogP contribution in [0.15, 0.2) is 48.5 Å². The Morgan fingerprint density at radius 3 is 2.36 bits per heavy atom. The second-order valence-electron chi connectivity index (χ2n) is 7.34. The van der Waals surface area contributed by atoms with Gasteiger partial charge in [-0.15, -0.1) is 0 Å². The summed E-state index contributed by atoms with van der Waals surface area (Å²) >= 11 is 3.42. The van der Waals surface area contributed by atoms with Gasteiger partial charge in [0.15, 0.2) is 5.60 Å². The van der Waals surface area contributed by atoms with E-state index in [-0.39, 0.29) is 11.4 Å². The number of benzene rings is 1. The van der Waals surface area contributed by atoms with Gasteiger partial charge in [-0.25, -0.2) is 4.79 Å². The van der Waals surface area contributed by atoms with Crippen molar-refractivity contribution < 1.29 is 14.3 Å². The van der Waals surface area contributed by atoms with Gasteiger partial charge in [-0.1, -0.05) is 73.1 Å². The van der Waals surface area contributed by atoms with E-state index in [0.29, 0.717) is 11.8 Å². The SMILES string of the molecule is CC(C)(C)[C@@H]1OC(=O)[C@](Cc2cccc(CBr)n2)(c2ccccc2)O1. The number of halogens is 1. The van der Waals surface area contributed by atoms with Crippen LogP contribution in [0, 0.1) is 5.41 Å². The number of alkyl halides is 1. The normalized spacial score (nSPS) is 23.5. The zero-order valence-corrected chi connectivity index (χ0v) is 16.2. The molecule has 0 unspecified atom stereocenters. The van der Waals surface area contributed by atoms with Crippen LogP contribution in [0.3, 0.4) is 0 Å². The molecule has 2 heterocycles. The standard InChI is InChI=1S/C20H22BrNO3/c1-19(2,3)18-24-17(23)20(25-18,14-8-5-4-6-9-14)12-15-10-7-11-16(13-21)22-15/h4-11,18H,12-13H2,1-3H3/t18-,20+/m1/s1. The molecule has 25 heavy (non-hydrogen) atoms. The molecule has 0 radical (unpaired) electrons. The first-order valence-corrected chi connectivity index (χ1v) is 9.42. The lowest BCUT2D eigenvalue weighted by atomic mass is 9.88. The predicted octanol–water partition coefficient (Wildman–Crippen LogP) is 4.36. The van der Waals surface area contributed by atoms with Crippen LogP contribution in [0.1, 0.15) is 37.7 Å². The topological polar surface area (TPSA) is 48.4 Å². The molecule has 1 aliphatic heterocycles. The summed E-state index contributed by atoms with van der Waals surface area (Å²) in [5.41, 5.74) is 1.03. The predicted molar refractivity (Wildman–Crippen MR) is 99.1 cm³/mol. The number of pyridine rings is 1. The van der Waals surface area contributed by atoms with E-state index in [2.05, 4.69) is 20.9 Å². The number of nitrogens with zero attached hydrogens (tertiary/aromatic N) is 1. The molecule has 0 aliphatic carbocycles. The zero-order valence-electron chi connectivity index (χ0n) is 14.7. The smallest absolute Gasteiger partial charge is 0.346 e. The highest BCUT2D eigenvalue weighted by Crippen LogP contribution is 2.42. The van der Waals surface area contributed by atoms with Crippen LogP contribution in [-0.4, -0.2) is 17.2 Å². The number of ether oxygens (including phenoxy) is 2. The highest BCUT2D eigenvalue weighted by Gasteiger charge is 2.54. The summed E-state index contributed by atoms with van der Waals surface area (Å²) in [6, 6.07) is 15.3. The van der Waals surface area contributed by atoms with Crippen LogP contribution in [0.2, 0.25) is 0 Å². The van der Waals surface area contributed by atoms with Gasteiger partial charge in [-0.2, -0.15) is 0 Å². The molecular weight excluding hydrogens is 382 g/mol. The van der Waals surface area contributed by atoms with Gasteiger partial charge < -0.3 is 9.47 Å². The lowest BCUT2D eigenvalue weighted by Crippen LogP contribution is -2.37. The van der Waals surface area contributed by atoms with Crippen LogP contribution in [0.5, 0.6) is 0 Å². The summed E-state index contributed by atoms with van der Waals surface area (Å²) in [6.45, 7) is 5.99. The molecule has 1 aromatic carbocycles. The van der Waals surface area contributed by atoms with E-state index in [4.69, 9.17) is 9.47 Å². The number of hydrogen-bond donors (Lipinski definition) is 0. The van der Waals surface area contributed by atoms with Gasteiger partial charge in [0.2, 0.25) is 6.29 Å². The molecule has 1 fully saturated rings. The van der Waals surface area contributed by atoms with Crippen molar-refractivity contribution in [2.75, 3.05) is 0 Å². The fourth-order valence-electron chi connectivity index (χ4n) is 2.87. The van der Waals surface area contributed by atoms with E-state index in [1.54, 1.807) is 0 Å². The highest BCUT2D eigenvalue weighted by molar-refractivity contribution is 9.08. The molecule has 0 N–H and O–H groups in total. The molecule has 2 aromatic rings. The summed E-state index contributed by atoms with van der Waals surface area (Å²) in [4.78, 5) is 17.5. The van der Waals surface area contributed by atoms with Gasteiger partial charge in [0.1, 0.15) is 0 Å². The molecule has 2 atom stereocenters. The van der Waals surface area contributed by atoms with E-state index in [9.17, 15) is 4.79 Å². The van der Waals surface area contributed by atoms with Crippen molar-refractivity contribution in [3.63, 3.8) is 0 Å². The molecule has 0 bridgehead atoms. The molecule has 1 aromatic heterocycles. The first-order valence-electron chi connectivity index (χ1n) is 8.30. The molecule has 0 spiro atoms. The maximum absolute atomic E-state index is 12.9. The fourth-order valence-corrected chi connectivity index (χ4v) is 3.18. The Balaban J connectivity index is 2.03. The molecule has 132 valence electrons. The third-order valence-corrected chi connectivity index (χ3v) is 4.81. The summed E-state index contributed by atoms with van der Waals surface area (Å²) in [6.07, 6.45) is -0.261. The Morgan fingerprint density at radius 1 is 1.08 bits per heavy atom. The Hall–Kier alpha value is -1.72. The van der Waals surface area contributed by atoms with Crippen LogP contribution in [-0.2, 0) is 31.6 Å². The average molecular weight is 404 g/mol. The average Bonchev–Trinajstić information content (AvgIpc) is 2.94. The van der Waals surface area contributed by atoms with Crippen molar-refractivity contribution in [3.8, 4) is 0 Å². The number of carbonyl (C=O) groups is 1. The number of cyclic esters (lactones) is 1. The Bertz CT molecular complexity index is 757. The van der Waals surface area contributed by atoms with Crippen LogP contribution in [0.25, 0.3) is 0 Å². The highest BCUT2D eigenvalue weighted by atomic mass is 79.9. The quantitative estimate of drug-likeness (QED) is 0.561. The van der Waals surface area contributed by atoms with Gasteiger partial charge in [-0.3, -0.25) is 4.98 Å². The van der Waals surface area contributed by atoms with Crippen molar-refractivity contribution in [2.24, 2.45) is 5.41 Å². The van der Waals surface area contributed by atoms with Crippen molar-refractivity contribution >= 4 is 21.9 Å². The lowest BCUT2D eigenvalue weighted by Gasteiger charge is -2.28. The first-order chi connectivity index (χ1) is 11.8. The van der Waals surface area contributed by atoms with Gasteiger partial charge >= 0.3 is 5.97 Å². The minimum absolute atomic E-state index is 0.308.